The van der Waals surface area contributed by atoms with Crippen LogP contribution in [0.5, 0.6) is 0 Å². The number of hydrogen-bond donors (Lipinski definition) is 0. The van der Waals surface area contributed by atoms with Crippen LogP contribution in [0.15, 0.2) is 0 Å². The van der Waals surface area contributed by atoms with E-state index in [-0.39, 0.29) is 0 Å². The zero-order valence-corrected chi connectivity index (χ0v) is 55.7. The molecule has 1 nitrogen and oxygen atoms in total. The Morgan fingerprint density at radius 3 is 0.442 bits per heavy atom. The molecule has 77 heavy (non-hydrogen) atoms. The summed E-state index contributed by atoms with van der Waals surface area (Å²) in [5.74, 6) is 0. The van der Waals surface area contributed by atoms with Crippen molar-refractivity contribution in [1.82, 2.24) is 0 Å². The van der Waals surface area contributed by atoms with Gasteiger partial charge < -0.3 is 4.48 Å². The molecule has 0 aromatic carbocycles. The van der Waals surface area contributed by atoms with Gasteiger partial charge in [-0.3, -0.25) is 0 Å². The van der Waals surface area contributed by atoms with E-state index in [2.05, 4.69) is 41.5 Å². The highest BCUT2D eigenvalue weighted by Crippen LogP contribution is 2.38. The Balaban J connectivity index is 5.29. The molecular weight excluding hydrogens is 927 g/mol. The molecule has 464 valence electrons. The summed E-state index contributed by atoms with van der Waals surface area (Å²) < 4.78 is 1.45. The molecule has 0 aliphatic rings. The van der Waals surface area contributed by atoms with Gasteiger partial charge in [-0.2, -0.15) is 0 Å². The molecule has 0 aliphatic carbocycles. The predicted octanol–water partition coefficient (Wildman–Crippen LogP) is 28.4. The Kier molecular flexibility index (Phi) is 65.1. The maximum Gasteiger partial charge on any atom is 0.0963 e. The van der Waals surface area contributed by atoms with Crippen LogP contribution < -0.4 is 0 Å². The summed E-state index contributed by atoms with van der Waals surface area (Å²) in [6.45, 7) is 19.1. The Labute approximate surface area is 492 Å². The molecule has 0 unspecified atom stereocenters. The van der Waals surface area contributed by atoms with Crippen molar-refractivity contribution >= 4 is 0 Å². The zero-order valence-electron chi connectivity index (χ0n) is 55.7. The van der Waals surface area contributed by atoms with E-state index in [0.717, 1.165) is 0 Å². The van der Waals surface area contributed by atoms with E-state index in [4.69, 9.17) is 0 Å². The molecule has 0 aromatic rings. The topological polar surface area (TPSA) is 0 Å². The third-order valence-electron chi connectivity index (χ3n) is 19.8. The van der Waals surface area contributed by atoms with Crippen LogP contribution in [0.3, 0.4) is 0 Å². The highest BCUT2D eigenvalue weighted by Gasteiger charge is 2.44. The first kappa shape index (κ1) is 77.0. The van der Waals surface area contributed by atoms with Crippen molar-refractivity contribution in [2.45, 2.75) is 471 Å². The molecule has 0 saturated heterocycles. The summed E-state index contributed by atoms with van der Waals surface area (Å²) in [7, 11) is 0. The molecule has 1 heteroatoms. The molecule has 0 N–H and O–H groups in total. The molecule has 0 spiro atoms. The molecule has 0 aromatic heterocycles. The summed E-state index contributed by atoms with van der Waals surface area (Å²) in [4.78, 5) is 0. The summed E-state index contributed by atoms with van der Waals surface area (Å²) in [5.41, 5.74) is 0.450. The van der Waals surface area contributed by atoms with Gasteiger partial charge >= 0.3 is 0 Å². The third-order valence-corrected chi connectivity index (χ3v) is 19.8. The van der Waals surface area contributed by atoms with Crippen LogP contribution in [0.2, 0.25) is 0 Å². The fourth-order valence-electron chi connectivity index (χ4n) is 14.0. The van der Waals surface area contributed by atoms with Gasteiger partial charge in [0.15, 0.2) is 0 Å². The van der Waals surface area contributed by atoms with Crippen LogP contribution in [-0.4, -0.2) is 29.7 Å². The van der Waals surface area contributed by atoms with Crippen LogP contribution in [-0.2, 0) is 0 Å². The second-order valence-corrected chi connectivity index (χ2v) is 27.1. The second-order valence-electron chi connectivity index (χ2n) is 27.1. The van der Waals surface area contributed by atoms with Crippen molar-refractivity contribution in [3.05, 3.63) is 0 Å². The summed E-state index contributed by atoms with van der Waals surface area (Å²) >= 11 is 0. The van der Waals surface area contributed by atoms with Gasteiger partial charge in [0.05, 0.1) is 25.2 Å². The number of hydrogen-bond acceptors (Lipinski definition) is 0. The fraction of sp³-hybridized carbons (Fsp3) is 1.00. The standard InChI is InChI=1S/C76H156N/c1-7-12-16-20-24-28-32-36-40-44-48-52-56-60-64-68-72-76(6,73-69-65-61-57-53-49-45-41-37-33-29-25-21-17-13-8-2)77(11-5,74-70-66-62-58-54-50-46-42-38-34-30-26-22-18-14-9-3)75-71-67-63-59-55-51-47-43-39-35-31-27-23-19-15-10-4/h7-75H2,1-6H3/q+1. The van der Waals surface area contributed by atoms with E-state index in [9.17, 15) is 0 Å². The Bertz CT molecular complexity index is 959. The van der Waals surface area contributed by atoms with Crippen molar-refractivity contribution in [1.29, 1.82) is 0 Å². The number of rotatable bonds is 70. The van der Waals surface area contributed by atoms with Gasteiger partial charge in [-0.25, -0.2) is 0 Å². The first-order valence-electron chi connectivity index (χ1n) is 37.9. The lowest BCUT2D eigenvalue weighted by atomic mass is 9.82. The fourth-order valence-corrected chi connectivity index (χ4v) is 14.0. The van der Waals surface area contributed by atoms with E-state index >= 15 is 0 Å². The van der Waals surface area contributed by atoms with E-state index in [1.54, 1.807) is 0 Å². The van der Waals surface area contributed by atoms with Crippen molar-refractivity contribution in [2.75, 3.05) is 19.6 Å². The Morgan fingerprint density at radius 2 is 0.299 bits per heavy atom. The maximum absolute atomic E-state index is 2.85. The molecule has 0 rings (SSSR count). The molecule has 0 heterocycles. The summed E-state index contributed by atoms with van der Waals surface area (Å²) in [5, 5.41) is 0. The monoisotopic (exact) mass is 1080 g/mol. The smallest absolute Gasteiger partial charge is 0.0963 e. The van der Waals surface area contributed by atoms with Crippen molar-refractivity contribution in [2.24, 2.45) is 0 Å². The van der Waals surface area contributed by atoms with E-state index in [1.807, 2.05) is 0 Å². The lowest BCUT2D eigenvalue weighted by Gasteiger charge is -2.53. The highest BCUT2D eigenvalue weighted by atomic mass is 15.4. The normalized spacial score (nSPS) is 12.2. The predicted molar refractivity (Wildman–Crippen MR) is 356 cm³/mol. The Morgan fingerprint density at radius 1 is 0.169 bits per heavy atom. The van der Waals surface area contributed by atoms with Crippen LogP contribution in [0.1, 0.15) is 465 Å². The van der Waals surface area contributed by atoms with Gasteiger partial charge in [0.25, 0.3) is 0 Å². The lowest BCUT2D eigenvalue weighted by molar-refractivity contribution is -0.974. The second kappa shape index (κ2) is 65.1. The van der Waals surface area contributed by atoms with Crippen LogP contribution in [0.4, 0.5) is 0 Å². The van der Waals surface area contributed by atoms with Gasteiger partial charge in [0, 0.05) is 12.8 Å². The molecule has 0 amide bonds. The lowest BCUT2D eigenvalue weighted by Crippen LogP contribution is -2.63. The van der Waals surface area contributed by atoms with Crippen molar-refractivity contribution < 1.29 is 4.48 Å². The van der Waals surface area contributed by atoms with Crippen LogP contribution in [0.25, 0.3) is 0 Å². The Hall–Kier alpha value is -0.0400. The molecule has 0 fully saturated rings. The van der Waals surface area contributed by atoms with Crippen molar-refractivity contribution in [3.63, 3.8) is 0 Å². The molecule has 0 aliphatic heterocycles. The van der Waals surface area contributed by atoms with Gasteiger partial charge in [0.1, 0.15) is 0 Å². The van der Waals surface area contributed by atoms with Crippen LogP contribution in [0, 0.1) is 0 Å². The summed E-state index contributed by atoms with van der Waals surface area (Å²) in [6.07, 6.45) is 97.2. The van der Waals surface area contributed by atoms with Gasteiger partial charge in [-0.15, -0.1) is 0 Å². The largest absolute Gasteiger partial charge is 0.319 e. The van der Waals surface area contributed by atoms with Gasteiger partial charge in [-0.1, -0.05) is 400 Å². The minimum absolute atomic E-state index is 0.450. The van der Waals surface area contributed by atoms with E-state index in [1.165, 1.54) is 448 Å². The minimum atomic E-state index is 0.450. The maximum atomic E-state index is 2.85. The average Bonchev–Trinajstić information content (AvgIpc) is 3.44. The van der Waals surface area contributed by atoms with E-state index < -0.39 is 0 Å². The number of unbranched alkanes of at least 4 members (excludes halogenated alkanes) is 60. The van der Waals surface area contributed by atoms with E-state index in [0.29, 0.717) is 5.54 Å². The molecule has 0 saturated carbocycles. The molecule has 0 atom stereocenters. The first-order chi connectivity index (χ1) is 38.1. The molecule has 0 radical (unpaired) electrons. The molecular formula is C76H156N+. The minimum Gasteiger partial charge on any atom is -0.319 e. The van der Waals surface area contributed by atoms with Crippen molar-refractivity contribution in [3.8, 4) is 0 Å². The SMILES string of the molecule is CCCCCCCCCCCCCCCCCCC(C)(CCCCCCCCCCCCCCCCCC)[N+](CC)(CCCCCCCCCCCCCCCCCC)CCCCCCCCCCCCCCCCCC. The first-order valence-corrected chi connectivity index (χ1v) is 37.9. The third kappa shape index (κ3) is 53.7. The quantitative estimate of drug-likeness (QED) is 0.0421. The average molecular weight is 1080 g/mol. The number of nitrogens with zero attached hydrogens (tertiary/aromatic N) is 1. The molecule has 0 bridgehead atoms. The van der Waals surface area contributed by atoms with Crippen LogP contribution >= 0.6 is 0 Å². The highest BCUT2D eigenvalue weighted by molar-refractivity contribution is 4.79. The number of quaternary nitrogens is 1. The zero-order chi connectivity index (χ0) is 55.8. The van der Waals surface area contributed by atoms with Gasteiger partial charge in [-0.05, 0) is 52.4 Å². The van der Waals surface area contributed by atoms with Gasteiger partial charge in [0.2, 0.25) is 0 Å². The summed E-state index contributed by atoms with van der Waals surface area (Å²) in [6, 6.07) is 0.